The Morgan fingerprint density at radius 2 is 2.05 bits per heavy atom. The molecular formula is C16H17N3O2. The third-order valence-electron chi connectivity index (χ3n) is 3.37. The van der Waals surface area contributed by atoms with Crippen LogP contribution in [0.5, 0.6) is 0 Å². The summed E-state index contributed by atoms with van der Waals surface area (Å²) in [5.74, 6) is -0.466. The van der Waals surface area contributed by atoms with Gasteiger partial charge in [0.1, 0.15) is 5.56 Å². The molecule has 0 unspecified atom stereocenters. The van der Waals surface area contributed by atoms with E-state index in [2.05, 4.69) is 16.8 Å². The molecule has 2 aromatic rings. The van der Waals surface area contributed by atoms with Crippen LogP contribution in [0.1, 0.15) is 28.7 Å². The lowest BCUT2D eigenvalue weighted by molar-refractivity contribution is 0.0695. The molecule has 0 spiro atoms. The van der Waals surface area contributed by atoms with Gasteiger partial charge < -0.3 is 5.11 Å². The molecule has 1 N–H and O–H groups in total. The van der Waals surface area contributed by atoms with E-state index in [1.165, 1.54) is 4.68 Å². The van der Waals surface area contributed by atoms with Crippen molar-refractivity contribution in [2.24, 2.45) is 4.99 Å². The molecule has 0 aliphatic heterocycles. The molecule has 21 heavy (non-hydrogen) atoms. The molecule has 5 heteroatoms. The first-order chi connectivity index (χ1) is 10.0. The monoisotopic (exact) mass is 283 g/mol. The SMILES string of the molecule is C=N/C(=c1/cccc/c1=C/C)n1nc(C)c(C(=O)O)c1C. The van der Waals surface area contributed by atoms with Gasteiger partial charge >= 0.3 is 5.97 Å². The Morgan fingerprint density at radius 3 is 2.57 bits per heavy atom. The van der Waals surface area contributed by atoms with Crippen LogP contribution in [0.25, 0.3) is 11.9 Å². The quantitative estimate of drug-likeness (QED) is 0.864. The Kier molecular flexibility index (Phi) is 4.03. The van der Waals surface area contributed by atoms with Crippen LogP contribution < -0.4 is 10.4 Å². The molecule has 1 aromatic heterocycles. The number of nitrogens with zero attached hydrogens (tertiary/aromatic N) is 3. The average Bonchev–Trinajstić information content (AvgIpc) is 2.75. The molecule has 0 saturated carbocycles. The van der Waals surface area contributed by atoms with Gasteiger partial charge in [0.05, 0.1) is 11.4 Å². The van der Waals surface area contributed by atoms with Crippen molar-refractivity contribution in [3.05, 3.63) is 51.7 Å². The standard InChI is InChI=1S/C16H17N3O2/c1-5-12-8-6-7-9-13(12)15(17-4)19-11(3)14(16(20)21)10(2)18-19/h5-9H,4H2,1-3H3,(H,20,21)/b12-5-,15-13+. The van der Waals surface area contributed by atoms with Crippen molar-refractivity contribution in [2.45, 2.75) is 20.8 Å². The highest BCUT2D eigenvalue weighted by Gasteiger charge is 2.19. The molecule has 0 atom stereocenters. The largest absolute Gasteiger partial charge is 0.478 e. The minimum Gasteiger partial charge on any atom is -0.478 e. The van der Waals surface area contributed by atoms with E-state index in [-0.39, 0.29) is 5.56 Å². The van der Waals surface area contributed by atoms with Gasteiger partial charge in [0.15, 0.2) is 5.82 Å². The Hall–Kier alpha value is -2.69. The third kappa shape index (κ3) is 2.50. The molecule has 0 aliphatic rings. The van der Waals surface area contributed by atoms with Gasteiger partial charge in [-0.05, 0) is 32.7 Å². The van der Waals surface area contributed by atoms with Crippen molar-refractivity contribution in [3.8, 4) is 0 Å². The topological polar surface area (TPSA) is 67.5 Å². The van der Waals surface area contributed by atoms with Crippen molar-refractivity contribution in [1.82, 2.24) is 9.78 Å². The summed E-state index contributed by atoms with van der Waals surface area (Å²) < 4.78 is 1.54. The number of hydrogen-bond acceptors (Lipinski definition) is 3. The fourth-order valence-corrected chi connectivity index (χ4v) is 2.38. The van der Waals surface area contributed by atoms with Crippen LogP contribution in [0.2, 0.25) is 0 Å². The van der Waals surface area contributed by atoms with Gasteiger partial charge in [0.2, 0.25) is 0 Å². The minimum absolute atomic E-state index is 0.203. The summed E-state index contributed by atoms with van der Waals surface area (Å²) in [6.45, 7) is 8.93. The number of benzene rings is 1. The van der Waals surface area contributed by atoms with E-state index >= 15 is 0 Å². The second-order valence-corrected chi connectivity index (χ2v) is 4.62. The summed E-state index contributed by atoms with van der Waals surface area (Å²) in [4.78, 5) is 15.4. The maximum Gasteiger partial charge on any atom is 0.339 e. The molecule has 0 fully saturated rings. The van der Waals surface area contributed by atoms with E-state index in [0.717, 1.165) is 10.4 Å². The van der Waals surface area contributed by atoms with Gasteiger partial charge in [0.25, 0.3) is 0 Å². The molecular weight excluding hydrogens is 266 g/mol. The van der Waals surface area contributed by atoms with E-state index in [1.54, 1.807) is 13.8 Å². The molecule has 1 heterocycles. The van der Waals surface area contributed by atoms with Crippen molar-refractivity contribution in [1.29, 1.82) is 0 Å². The van der Waals surface area contributed by atoms with E-state index in [4.69, 9.17) is 0 Å². The first kappa shape index (κ1) is 14.7. The zero-order chi connectivity index (χ0) is 15.6. The Balaban J connectivity index is 2.90. The second kappa shape index (κ2) is 5.75. The second-order valence-electron chi connectivity index (χ2n) is 4.62. The predicted octanol–water partition coefficient (Wildman–Crippen LogP) is 1.31. The van der Waals surface area contributed by atoms with Crippen molar-refractivity contribution in [2.75, 3.05) is 0 Å². The number of rotatable bonds is 3. The molecule has 2 rings (SSSR count). The molecule has 0 amide bonds. The highest BCUT2D eigenvalue weighted by Crippen LogP contribution is 2.16. The zero-order valence-corrected chi connectivity index (χ0v) is 12.3. The zero-order valence-electron chi connectivity index (χ0n) is 12.3. The summed E-state index contributed by atoms with van der Waals surface area (Å²) in [7, 11) is 0. The van der Waals surface area contributed by atoms with Gasteiger partial charge in [-0.25, -0.2) is 14.5 Å². The predicted molar refractivity (Wildman–Crippen MR) is 82.8 cm³/mol. The first-order valence-corrected chi connectivity index (χ1v) is 6.53. The normalized spacial score (nSPS) is 13.2. The van der Waals surface area contributed by atoms with E-state index < -0.39 is 5.97 Å². The summed E-state index contributed by atoms with van der Waals surface area (Å²) in [5, 5.41) is 15.4. The number of aliphatic imine (C=N–C) groups is 1. The van der Waals surface area contributed by atoms with Gasteiger partial charge in [-0.3, -0.25) is 0 Å². The van der Waals surface area contributed by atoms with Crippen LogP contribution in [-0.2, 0) is 0 Å². The Bertz CT molecular complexity index is 832. The van der Waals surface area contributed by atoms with Crippen LogP contribution >= 0.6 is 0 Å². The van der Waals surface area contributed by atoms with Crippen LogP contribution in [0.3, 0.4) is 0 Å². The average molecular weight is 283 g/mol. The number of hydrogen-bond donors (Lipinski definition) is 1. The van der Waals surface area contributed by atoms with Gasteiger partial charge in [-0.2, -0.15) is 5.10 Å². The number of aromatic carboxylic acids is 1. The van der Waals surface area contributed by atoms with Gasteiger partial charge in [-0.15, -0.1) is 0 Å². The molecule has 1 aromatic carbocycles. The van der Waals surface area contributed by atoms with E-state index in [9.17, 15) is 9.90 Å². The first-order valence-electron chi connectivity index (χ1n) is 6.53. The molecule has 0 aliphatic carbocycles. The van der Waals surface area contributed by atoms with E-state index in [0.29, 0.717) is 17.2 Å². The van der Waals surface area contributed by atoms with Crippen LogP contribution in [-0.4, -0.2) is 27.6 Å². The number of carboxylic acids is 1. The fraction of sp³-hybridized carbons (Fsp3) is 0.188. The molecule has 0 bridgehead atoms. The maximum absolute atomic E-state index is 11.3. The molecule has 0 radical (unpaired) electrons. The lowest BCUT2D eigenvalue weighted by Gasteiger charge is -2.05. The van der Waals surface area contributed by atoms with Crippen LogP contribution in [0, 0.1) is 13.8 Å². The van der Waals surface area contributed by atoms with E-state index in [1.807, 2.05) is 37.3 Å². The number of aromatic nitrogens is 2. The third-order valence-corrected chi connectivity index (χ3v) is 3.37. The highest BCUT2D eigenvalue weighted by molar-refractivity contribution is 5.90. The minimum atomic E-state index is -0.991. The summed E-state index contributed by atoms with van der Waals surface area (Å²) >= 11 is 0. The fourth-order valence-electron chi connectivity index (χ4n) is 2.38. The van der Waals surface area contributed by atoms with Crippen LogP contribution in [0.15, 0.2) is 29.3 Å². The highest BCUT2D eigenvalue weighted by atomic mass is 16.4. The van der Waals surface area contributed by atoms with Crippen LogP contribution in [0.4, 0.5) is 0 Å². The number of carboxylic acid groups (broad SMARTS) is 1. The molecule has 108 valence electrons. The maximum atomic E-state index is 11.3. The van der Waals surface area contributed by atoms with Crippen molar-refractivity contribution in [3.63, 3.8) is 0 Å². The molecule has 0 saturated heterocycles. The lowest BCUT2D eigenvalue weighted by Crippen LogP contribution is -2.28. The number of carbonyl (C=O) groups is 1. The summed E-state index contributed by atoms with van der Waals surface area (Å²) in [5.41, 5.74) is 1.20. The van der Waals surface area contributed by atoms with Crippen molar-refractivity contribution < 1.29 is 9.90 Å². The summed E-state index contributed by atoms with van der Waals surface area (Å²) in [6.07, 6.45) is 1.96. The van der Waals surface area contributed by atoms with Gasteiger partial charge in [0, 0.05) is 5.22 Å². The summed E-state index contributed by atoms with van der Waals surface area (Å²) in [6, 6.07) is 7.71. The Labute approximate surface area is 122 Å². The van der Waals surface area contributed by atoms with Gasteiger partial charge in [-0.1, -0.05) is 30.3 Å². The smallest absolute Gasteiger partial charge is 0.339 e. The Morgan fingerprint density at radius 1 is 1.38 bits per heavy atom. The lowest BCUT2D eigenvalue weighted by atomic mass is 10.2. The van der Waals surface area contributed by atoms with Crippen molar-refractivity contribution >= 4 is 24.6 Å². The molecule has 5 nitrogen and oxygen atoms in total. The number of aryl methyl sites for hydroxylation is 1.